The molecule has 5 heteroatoms. The van der Waals surface area contributed by atoms with Crippen LogP contribution in [0, 0.1) is 18.3 Å². The van der Waals surface area contributed by atoms with Crippen molar-refractivity contribution in [2.75, 3.05) is 38.5 Å². The lowest BCUT2D eigenvalue weighted by atomic mass is 10.1. The van der Waals surface area contributed by atoms with E-state index < -0.39 is 0 Å². The summed E-state index contributed by atoms with van der Waals surface area (Å²) in [4.78, 5) is 16.5. The predicted octanol–water partition coefficient (Wildman–Crippen LogP) is 1.25. The first-order valence-electron chi connectivity index (χ1n) is 6.86. The molecule has 20 heavy (non-hydrogen) atoms. The van der Waals surface area contributed by atoms with Gasteiger partial charge in [-0.3, -0.25) is 9.69 Å². The van der Waals surface area contributed by atoms with Crippen molar-refractivity contribution < 1.29 is 4.79 Å². The van der Waals surface area contributed by atoms with Crippen LogP contribution in [-0.2, 0) is 0 Å². The molecule has 0 saturated carbocycles. The van der Waals surface area contributed by atoms with Crippen LogP contribution in [0.15, 0.2) is 18.2 Å². The van der Waals surface area contributed by atoms with E-state index >= 15 is 0 Å². The van der Waals surface area contributed by atoms with Crippen LogP contribution in [-0.4, -0.2) is 48.4 Å². The van der Waals surface area contributed by atoms with Gasteiger partial charge in [0.25, 0.3) is 5.91 Å². The van der Waals surface area contributed by atoms with E-state index in [0.29, 0.717) is 30.8 Å². The van der Waals surface area contributed by atoms with Gasteiger partial charge in [-0.25, -0.2) is 0 Å². The molecule has 1 fully saturated rings. The molecule has 1 aliphatic rings. The summed E-state index contributed by atoms with van der Waals surface area (Å²) >= 11 is 0. The molecule has 2 rings (SSSR count). The Bertz CT molecular complexity index is 527. The predicted molar refractivity (Wildman–Crippen MR) is 78.2 cm³/mol. The third-order valence-electron chi connectivity index (χ3n) is 3.64. The number of carbonyl (C=O) groups excluding carboxylic acids is 1. The molecule has 1 aromatic carbocycles. The number of carbonyl (C=O) groups is 1. The highest BCUT2D eigenvalue weighted by Crippen LogP contribution is 2.17. The van der Waals surface area contributed by atoms with Gasteiger partial charge in [-0.05, 0) is 19.1 Å². The zero-order chi connectivity index (χ0) is 14.5. The van der Waals surface area contributed by atoms with Gasteiger partial charge in [-0.2, -0.15) is 5.26 Å². The van der Waals surface area contributed by atoms with Crippen molar-refractivity contribution in [1.29, 1.82) is 5.26 Å². The highest BCUT2D eigenvalue weighted by molar-refractivity contribution is 5.99. The topological polar surface area (TPSA) is 73.4 Å². The molecule has 0 atom stereocenters. The highest BCUT2D eigenvalue weighted by Gasteiger charge is 2.23. The van der Waals surface area contributed by atoms with Crippen LogP contribution in [0.3, 0.4) is 0 Å². The first-order chi connectivity index (χ1) is 9.61. The molecule has 0 unspecified atom stereocenters. The summed E-state index contributed by atoms with van der Waals surface area (Å²) in [5, 5.41) is 8.59. The van der Waals surface area contributed by atoms with Crippen LogP contribution in [0.1, 0.15) is 22.3 Å². The van der Waals surface area contributed by atoms with E-state index in [0.717, 1.165) is 25.2 Å². The fourth-order valence-corrected chi connectivity index (χ4v) is 2.41. The minimum atomic E-state index is 0.00568. The van der Waals surface area contributed by atoms with Crippen LogP contribution >= 0.6 is 0 Å². The average Bonchev–Trinajstić information content (AvgIpc) is 2.47. The minimum Gasteiger partial charge on any atom is -0.398 e. The van der Waals surface area contributed by atoms with Gasteiger partial charge in [0, 0.05) is 44.8 Å². The Labute approximate surface area is 119 Å². The number of amides is 1. The average molecular weight is 272 g/mol. The number of benzene rings is 1. The molecule has 5 nitrogen and oxygen atoms in total. The van der Waals surface area contributed by atoms with Crippen molar-refractivity contribution in [3.8, 4) is 6.07 Å². The lowest BCUT2D eigenvalue weighted by Gasteiger charge is -2.34. The maximum atomic E-state index is 12.5. The van der Waals surface area contributed by atoms with E-state index in [1.165, 1.54) is 0 Å². The molecular weight excluding hydrogens is 252 g/mol. The van der Waals surface area contributed by atoms with Gasteiger partial charge >= 0.3 is 0 Å². The maximum absolute atomic E-state index is 12.5. The van der Waals surface area contributed by atoms with Gasteiger partial charge in [0.15, 0.2) is 0 Å². The van der Waals surface area contributed by atoms with E-state index in [4.69, 9.17) is 11.0 Å². The van der Waals surface area contributed by atoms with Crippen LogP contribution in [0.25, 0.3) is 0 Å². The Morgan fingerprint density at radius 1 is 1.35 bits per heavy atom. The molecule has 1 amide bonds. The smallest absolute Gasteiger partial charge is 0.256 e. The molecule has 0 aromatic heterocycles. The summed E-state index contributed by atoms with van der Waals surface area (Å²) < 4.78 is 0. The summed E-state index contributed by atoms with van der Waals surface area (Å²) in [5.41, 5.74) is 8.06. The molecule has 1 heterocycles. The Kier molecular flexibility index (Phi) is 4.59. The number of hydrogen-bond donors (Lipinski definition) is 1. The minimum absolute atomic E-state index is 0.00568. The monoisotopic (exact) mass is 272 g/mol. The van der Waals surface area contributed by atoms with Gasteiger partial charge in [-0.1, -0.05) is 11.6 Å². The third-order valence-corrected chi connectivity index (χ3v) is 3.64. The van der Waals surface area contributed by atoms with Crippen molar-refractivity contribution in [2.45, 2.75) is 13.3 Å². The fraction of sp³-hybridized carbons (Fsp3) is 0.467. The van der Waals surface area contributed by atoms with E-state index in [1.54, 1.807) is 6.07 Å². The maximum Gasteiger partial charge on any atom is 0.256 e. The molecular formula is C15H20N4O. The van der Waals surface area contributed by atoms with E-state index in [1.807, 2.05) is 24.0 Å². The number of aryl methyl sites for hydroxylation is 1. The fourth-order valence-electron chi connectivity index (χ4n) is 2.41. The molecule has 1 aliphatic heterocycles. The van der Waals surface area contributed by atoms with Crippen LogP contribution in [0.5, 0.6) is 0 Å². The quantitative estimate of drug-likeness (QED) is 0.840. The SMILES string of the molecule is Cc1ccc(N)c(C(=O)N2CCN(CCC#N)CC2)c1. The standard InChI is InChI=1S/C15H20N4O/c1-12-3-4-14(17)13(11-12)15(20)19-9-7-18(8-10-19)6-2-5-16/h3-4,11H,2,6-10,17H2,1H3. The number of rotatable bonds is 3. The molecule has 1 aromatic rings. The number of nitrogen functional groups attached to an aromatic ring is 1. The second kappa shape index (κ2) is 6.40. The van der Waals surface area contributed by atoms with Crippen molar-refractivity contribution in [3.05, 3.63) is 29.3 Å². The second-order valence-electron chi connectivity index (χ2n) is 5.13. The van der Waals surface area contributed by atoms with Gasteiger partial charge in [0.1, 0.15) is 0 Å². The number of anilines is 1. The number of nitriles is 1. The summed E-state index contributed by atoms with van der Waals surface area (Å²) in [6.07, 6.45) is 0.540. The molecule has 2 N–H and O–H groups in total. The number of nitrogens with zero attached hydrogens (tertiary/aromatic N) is 3. The number of hydrogen-bond acceptors (Lipinski definition) is 4. The highest BCUT2D eigenvalue weighted by atomic mass is 16.2. The van der Waals surface area contributed by atoms with Crippen LogP contribution in [0.4, 0.5) is 5.69 Å². The van der Waals surface area contributed by atoms with Crippen molar-refractivity contribution in [3.63, 3.8) is 0 Å². The zero-order valence-electron chi connectivity index (χ0n) is 11.8. The molecule has 0 spiro atoms. The second-order valence-corrected chi connectivity index (χ2v) is 5.13. The molecule has 1 saturated heterocycles. The van der Waals surface area contributed by atoms with Crippen LogP contribution < -0.4 is 5.73 Å². The first kappa shape index (κ1) is 14.4. The normalized spacial score (nSPS) is 15.9. The molecule has 0 bridgehead atoms. The largest absolute Gasteiger partial charge is 0.398 e. The number of nitrogens with two attached hydrogens (primary N) is 1. The summed E-state index contributed by atoms with van der Waals surface area (Å²) in [7, 11) is 0. The Balaban J connectivity index is 1.98. The van der Waals surface area contributed by atoms with Crippen molar-refractivity contribution >= 4 is 11.6 Å². The van der Waals surface area contributed by atoms with E-state index in [-0.39, 0.29) is 5.91 Å². The Hall–Kier alpha value is -2.06. The van der Waals surface area contributed by atoms with Crippen LogP contribution in [0.2, 0.25) is 0 Å². The third kappa shape index (κ3) is 3.28. The van der Waals surface area contributed by atoms with E-state index in [2.05, 4.69) is 11.0 Å². The van der Waals surface area contributed by atoms with Gasteiger partial charge in [-0.15, -0.1) is 0 Å². The van der Waals surface area contributed by atoms with Crippen molar-refractivity contribution in [1.82, 2.24) is 9.80 Å². The summed E-state index contributed by atoms with van der Waals surface area (Å²) in [5.74, 6) is 0.00568. The Morgan fingerprint density at radius 3 is 2.70 bits per heavy atom. The summed E-state index contributed by atoms with van der Waals surface area (Å²) in [6.45, 7) is 5.76. The lowest BCUT2D eigenvalue weighted by Crippen LogP contribution is -2.48. The number of piperazine rings is 1. The summed E-state index contributed by atoms with van der Waals surface area (Å²) in [6, 6.07) is 7.69. The zero-order valence-corrected chi connectivity index (χ0v) is 11.8. The first-order valence-corrected chi connectivity index (χ1v) is 6.86. The van der Waals surface area contributed by atoms with E-state index in [9.17, 15) is 4.79 Å². The molecule has 0 aliphatic carbocycles. The van der Waals surface area contributed by atoms with Crippen molar-refractivity contribution in [2.24, 2.45) is 0 Å². The lowest BCUT2D eigenvalue weighted by molar-refractivity contribution is 0.0640. The molecule has 106 valence electrons. The van der Waals surface area contributed by atoms with Gasteiger partial charge in [0.05, 0.1) is 11.6 Å². The Morgan fingerprint density at radius 2 is 2.05 bits per heavy atom. The molecule has 0 radical (unpaired) electrons. The van der Waals surface area contributed by atoms with Gasteiger partial charge in [0.2, 0.25) is 0 Å². The van der Waals surface area contributed by atoms with Gasteiger partial charge < -0.3 is 10.6 Å².